The van der Waals surface area contributed by atoms with E-state index in [0.717, 1.165) is 5.56 Å². The predicted octanol–water partition coefficient (Wildman–Crippen LogP) is 2.93. The summed E-state index contributed by atoms with van der Waals surface area (Å²) in [7, 11) is 0. The normalized spacial score (nSPS) is 11.7. The lowest BCUT2D eigenvalue weighted by molar-refractivity contribution is -0.114. The lowest BCUT2D eigenvalue weighted by Crippen LogP contribution is -2.15. The standard InChI is InChI=1S/C22H21N5O5/c1-12(28)26-14-3-4-18(29)17(7-14)27-21-8-16(15(10-25-21)22(23)30)24-9-13-2-5-19-20(6-13)32-11-31-19/h2-8,10,29H,9,11H2,1H3,(H2,23,30)(H,26,28)(H2,24,25,27). The smallest absolute Gasteiger partial charge is 0.252 e. The van der Waals surface area contributed by atoms with Gasteiger partial charge in [0.15, 0.2) is 11.5 Å². The molecular formula is C22H21N5O5. The van der Waals surface area contributed by atoms with Gasteiger partial charge in [0.05, 0.1) is 16.9 Å². The highest BCUT2D eigenvalue weighted by atomic mass is 16.7. The number of hydrogen-bond acceptors (Lipinski definition) is 8. The van der Waals surface area contributed by atoms with Gasteiger partial charge < -0.3 is 36.3 Å². The predicted molar refractivity (Wildman–Crippen MR) is 118 cm³/mol. The first-order chi connectivity index (χ1) is 15.4. The Morgan fingerprint density at radius 3 is 2.69 bits per heavy atom. The van der Waals surface area contributed by atoms with Crippen molar-refractivity contribution in [2.24, 2.45) is 5.73 Å². The molecule has 3 aromatic rings. The quantitative estimate of drug-likeness (QED) is 0.281. The number of fused-ring (bicyclic) bond motifs is 1. The van der Waals surface area contributed by atoms with Crippen LogP contribution in [0.2, 0.25) is 0 Å². The minimum atomic E-state index is -0.632. The van der Waals surface area contributed by atoms with Gasteiger partial charge in [-0.1, -0.05) is 6.07 Å². The second kappa shape index (κ2) is 8.72. The topological polar surface area (TPSA) is 148 Å². The number of pyridine rings is 1. The molecule has 2 aromatic carbocycles. The summed E-state index contributed by atoms with van der Waals surface area (Å²) in [6.45, 7) is 1.97. The van der Waals surface area contributed by atoms with Crippen molar-refractivity contribution >= 4 is 34.7 Å². The number of benzene rings is 2. The van der Waals surface area contributed by atoms with Crippen LogP contribution in [-0.4, -0.2) is 28.7 Å². The Morgan fingerprint density at radius 1 is 1.09 bits per heavy atom. The molecule has 0 saturated heterocycles. The van der Waals surface area contributed by atoms with Crippen molar-refractivity contribution in [3.05, 3.63) is 59.8 Å². The third-order valence-corrected chi connectivity index (χ3v) is 4.67. The SMILES string of the molecule is CC(=O)Nc1ccc(O)c(Nc2cc(NCc3ccc4c(c3)OCO4)c(C(N)=O)cn2)c1. The molecule has 10 nitrogen and oxygen atoms in total. The molecule has 164 valence electrons. The Hall–Kier alpha value is -4.47. The number of anilines is 4. The van der Waals surface area contributed by atoms with E-state index < -0.39 is 5.91 Å². The first-order valence-corrected chi connectivity index (χ1v) is 9.69. The molecule has 0 saturated carbocycles. The van der Waals surface area contributed by atoms with Gasteiger partial charge >= 0.3 is 0 Å². The van der Waals surface area contributed by atoms with Crippen molar-refractivity contribution in [1.82, 2.24) is 4.98 Å². The monoisotopic (exact) mass is 435 g/mol. The van der Waals surface area contributed by atoms with Gasteiger partial charge in [0.25, 0.3) is 5.91 Å². The first-order valence-electron chi connectivity index (χ1n) is 9.69. The molecule has 0 unspecified atom stereocenters. The van der Waals surface area contributed by atoms with Gasteiger partial charge in [-0.25, -0.2) is 4.98 Å². The third-order valence-electron chi connectivity index (χ3n) is 4.67. The van der Waals surface area contributed by atoms with E-state index in [1.54, 1.807) is 18.2 Å². The van der Waals surface area contributed by atoms with Crippen LogP contribution in [0.5, 0.6) is 17.2 Å². The molecule has 1 aliphatic rings. The van der Waals surface area contributed by atoms with Crippen LogP contribution < -0.4 is 31.2 Å². The minimum Gasteiger partial charge on any atom is -0.506 e. The van der Waals surface area contributed by atoms with Crippen LogP contribution in [-0.2, 0) is 11.3 Å². The third kappa shape index (κ3) is 4.64. The number of phenolic OH excluding ortho intramolecular Hbond substituents is 1. The highest BCUT2D eigenvalue weighted by Gasteiger charge is 2.15. The highest BCUT2D eigenvalue weighted by Crippen LogP contribution is 2.33. The van der Waals surface area contributed by atoms with Gasteiger partial charge in [-0.05, 0) is 35.9 Å². The van der Waals surface area contributed by atoms with E-state index in [-0.39, 0.29) is 24.0 Å². The van der Waals surface area contributed by atoms with Crippen LogP contribution in [0.1, 0.15) is 22.8 Å². The number of phenols is 1. The Labute approximate surface area is 183 Å². The lowest BCUT2D eigenvalue weighted by atomic mass is 10.1. The highest BCUT2D eigenvalue weighted by molar-refractivity contribution is 5.98. The maximum absolute atomic E-state index is 11.9. The van der Waals surface area contributed by atoms with Crippen molar-refractivity contribution < 1.29 is 24.2 Å². The Kier molecular flexibility index (Phi) is 5.67. The number of rotatable bonds is 7. The maximum atomic E-state index is 11.9. The second-order valence-electron chi connectivity index (χ2n) is 7.06. The van der Waals surface area contributed by atoms with Gasteiger partial charge in [0.1, 0.15) is 11.6 Å². The molecule has 1 aliphatic heterocycles. The number of carbonyl (C=O) groups excluding carboxylic acids is 2. The Morgan fingerprint density at radius 2 is 1.91 bits per heavy atom. The van der Waals surface area contributed by atoms with Crippen molar-refractivity contribution in [2.45, 2.75) is 13.5 Å². The number of nitrogens with one attached hydrogen (secondary N) is 3. The average molecular weight is 435 g/mol. The van der Waals surface area contributed by atoms with Crippen molar-refractivity contribution in [1.29, 1.82) is 0 Å². The number of carbonyl (C=O) groups is 2. The van der Waals surface area contributed by atoms with E-state index in [1.807, 2.05) is 18.2 Å². The molecule has 0 bridgehead atoms. The van der Waals surface area contributed by atoms with E-state index in [9.17, 15) is 14.7 Å². The fourth-order valence-corrected chi connectivity index (χ4v) is 3.17. The number of nitrogens with two attached hydrogens (primary N) is 1. The summed E-state index contributed by atoms with van der Waals surface area (Å²) in [6, 6.07) is 11.8. The van der Waals surface area contributed by atoms with Gasteiger partial charge in [0, 0.05) is 31.4 Å². The van der Waals surface area contributed by atoms with Crippen molar-refractivity contribution in [2.75, 3.05) is 22.7 Å². The molecule has 6 N–H and O–H groups in total. The summed E-state index contributed by atoms with van der Waals surface area (Å²) >= 11 is 0. The molecular weight excluding hydrogens is 414 g/mol. The van der Waals surface area contributed by atoms with Crippen molar-refractivity contribution in [3.63, 3.8) is 0 Å². The zero-order valence-corrected chi connectivity index (χ0v) is 17.1. The molecule has 4 rings (SSSR count). The summed E-state index contributed by atoms with van der Waals surface area (Å²) in [6.07, 6.45) is 1.35. The van der Waals surface area contributed by atoms with Crippen molar-refractivity contribution in [3.8, 4) is 17.2 Å². The number of ether oxygens (including phenoxy) is 2. The summed E-state index contributed by atoms with van der Waals surface area (Å²) in [5.74, 6) is 0.802. The summed E-state index contributed by atoms with van der Waals surface area (Å²) in [5, 5.41) is 19.0. The van der Waals surface area contributed by atoms with Crippen LogP contribution in [0.25, 0.3) is 0 Å². The first kappa shape index (κ1) is 20.8. The molecule has 0 spiro atoms. The summed E-state index contributed by atoms with van der Waals surface area (Å²) < 4.78 is 10.7. The Bertz CT molecular complexity index is 1200. The molecule has 0 aliphatic carbocycles. The minimum absolute atomic E-state index is 0.0326. The largest absolute Gasteiger partial charge is 0.506 e. The van der Waals surface area contributed by atoms with Gasteiger partial charge in [0.2, 0.25) is 12.7 Å². The van der Waals surface area contributed by atoms with E-state index in [1.165, 1.54) is 19.2 Å². The maximum Gasteiger partial charge on any atom is 0.252 e. The molecule has 2 amide bonds. The number of amides is 2. The zero-order valence-electron chi connectivity index (χ0n) is 17.1. The van der Waals surface area contributed by atoms with E-state index >= 15 is 0 Å². The fourth-order valence-electron chi connectivity index (χ4n) is 3.17. The molecule has 0 radical (unpaired) electrons. The molecule has 0 fully saturated rings. The second-order valence-corrected chi connectivity index (χ2v) is 7.06. The van der Waals surface area contributed by atoms with E-state index in [2.05, 4.69) is 20.9 Å². The van der Waals surface area contributed by atoms with Crippen LogP contribution in [0, 0.1) is 0 Å². The summed E-state index contributed by atoms with van der Waals surface area (Å²) in [4.78, 5) is 27.4. The lowest BCUT2D eigenvalue weighted by Gasteiger charge is -2.14. The number of aromatic nitrogens is 1. The summed E-state index contributed by atoms with van der Waals surface area (Å²) in [5.41, 5.74) is 7.92. The molecule has 2 heterocycles. The van der Waals surface area contributed by atoms with Crippen LogP contribution >= 0.6 is 0 Å². The molecule has 10 heteroatoms. The zero-order chi connectivity index (χ0) is 22.7. The number of primary amides is 1. The number of nitrogens with zero attached hydrogens (tertiary/aromatic N) is 1. The van der Waals surface area contributed by atoms with E-state index in [4.69, 9.17) is 15.2 Å². The molecule has 1 aromatic heterocycles. The van der Waals surface area contributed by atoms with Crippen LogP contribution in [0.4, 0.5) is 22.9 Å². The van der Waals surface area contributed by atoms with Gasteiger partial charge in [-0.15, -0.1) is 0 Å². The number of hydrogen-bond donors (Lipinski definition) is 5. The molecule has 0 atom stereocenters. The van der Waals surface area contributed by atoms with Crippen LogP contribution in [0.15, 0.2) is 48.7 Å². The number of aromatic hydroxyl groups is 1. The Balaban J connectivity index is 1.55. The average Bonchev–Trinajstić information content (AvgIpc) is 3.22. The van der Waals surface area contributed by atoms with Crippen LogP contribution in [0.3, 0.4) is 0 Å². The molecule has 32 heavy (non-hydrogen) atoms. The van der Waals surface area contributed by atoms with Gasteiger partial charge in [-0.2, -0.15) is 0 Å². The fraction of sp³-hybridized carbons (Fsp3) is 0.136. The van der Waals surface area contributed by atoms with E-state index in [0.29, 0.717) is 40.9 Å². The van der Waals surface area contributed by atoms with Gasteiger partial charge in [-0.3, -0.25) is 9.59 Å².